The number of aliphatic carboxylic acids is 1. The zero-order chi connectivity index (χ0) is 13.7. The van der Waals surface area contributed by atoms with E-state index >= 15 is 0 Å². The molecule has 0 fully saturated rings. The standard InChI is InChI=1S/C15H21NO3/c1-2-10-19-11-9-16-8-7-13(15(17)18)12-5-3-4-6-14(12)16/h3-6,13H,2,7-11H2,1H3,(H,17,18). The highest BCUT2D eigenvalue weighted by Crippen LogP contribution is 2.34. The van der Waals surface area contributed by atoms with E-state index in [1.165, 1.54) is 0 Å². The molecule has 1 aliphatic heterocycles. The number of para-hydroxylation sites is 1. The third kappa shape index (κ3) is 3.26. The number of fused-ring (bicyclic) bond motifs is 1. The molecule has 0 radical (unpaired) electrons. The summed E-state index contributed by atoms with van der Waals surface area (Å²) in [5.74, 6) is -1.10. The lowest BCUT2D eigenvalue weighted by atomic mass is 9.90. The second-order valence-corrected chi connectivity index (χ2v) is 4.84. The average molecular weight is 263 g/mol. The van der Waals surface area contributed by atoms with E-state index in [2.05, 4.69) is 11.8 Å². The molecular formula is C15H21NO3. The van der Waals surface area contributed by atoms with E-state index < -0.39 is 5.97 Å². The monoisotopic (exact) mass is 263 g/mol. The summed E-state index contributed by atoms with van der Waals surface area (Å²) in [7, 11) is 0. The molecule has 4 nitrogen and oxygen atoms in total. The van der Waals surface area contributed by atoms with Crippen molar-refractivity contribution in [1.82, 2.24) is 0 Å². The van der Waals surface area contributed by atoms with Gasteiger partial charge in [-0.2, -0.15) is 0 Å². The maximum Gasteiger partial charge on any atom is 0.311 e. The second kappa shape index (κ2) is 6.57. The van der Waals surface area contributed by atoms with Crippen LogP contribution >= 0.6 is 0 Å². The molecule has 0 saturated carbocycles. The summed E-state index contributed by atoms with van der Waals surface area (Å²) in [5.41, 5.74) is 1.97. The summed E-state index contributed by atoms with van der Waals surface area (Å²) in [6.07, 6.45) is 1.69. The number of carbonyl (C=O) groups is 1. The van der Waals surface area contributed by atoms with Crippen LogP contribution in [0.25, 0.3) is 0 Å². The zero-order valence-electron chi connectivity index (χ0n) is 11.3. The van der Waals surface area contributed by atoms with Crippen LogP contribution in [0.1, 0.15) is 31.2 Å². The van der Waals surface area contributed by atoms with E-state index in [1.807, 2.05) is 24.3 Å². The molecule has 0 aliphatic carbocycles. The van der Waals surface area contributed by atoms with Crippen molar-refractivity contribution in [3.05, 3.63) is 29.8 Å². The minimum Gasteiger partial charge on any atom is -0.481 e. The number of nitrogens with zero attached hydrogens (tertiary/aromatic N) is 1. The van der Waals surface area contributed by atoms with Gasteiger partial charge in [0.15, 0.2) is 0 Å². The highest BCUT2D eigenvalue weighted by molar-refractivity contribution is 5.80. The molecule has 4 heteroatoms. The molecule has 1 aromatic carbocycles. The number of carboxylic acids is 1. The van der Waals surface area contributed by atoms with Gasteiger partial charge in [0.25, 0.3) is 0 Å². The molecule has 0 aromatic heterocycles. The highest BCUT2D eigenvalue weighted by atomic mass is 16.5. The Labute approximate surface area is 114 Å². The van der Waals surface area contributed by atoms with E-state index in [4.69, 9.17) is 4.74 Å². The molecule has 1 unspecified atom stereocenters. The normalized spacial score (nSPS) is 18.2. The van der Waals surface area contributed by atoms with Crippen LogP contribution in [-0.4, -0.2) is 37.4 Å². The van der Waals surface area contributed by atoms with Crippen LogP contribution < -0.4 is 4.90 Å². The SMILES string of the molecule is CCCOCCN1CCC(C(=O)O)c2ccccc21. The molecule has 0 bridgehead atoms. The summed E-state index contributed by atoms with van der Waals surface area (Å²) in [6.45, 7) is 5.17. The van der Waals surface area contributed by atoms with Gasteiger partial charge in [0, 0.05) is 25.4 Å². The van der Waals surface area contributed by atoms with Gasteiger partial charge in [-0.25, -0.2) is 0 Å². The Bertz CT molecular complexity index is 433. The summed E-state index contributed by atoms with van der Waals surface area (Å²) in [4.78, 5) is 13.5. The van der Waals surface area contributed by atoms with Crippen LogP contribution in [0.15, 0.2) is 24.3 Å². The quantitative estimate of drug-likeness (QED) is 0.801. The van der Waals surface area contributed by atoms with E-state index in [1.54, 1.807) is 0 Å². The second-order valence-electron chi connectivity index (χ2n) is 4.84. The molecule has 0 amide bonds. The van der Waals surface area contributed by atoms with Crippen molar-refractivity contribution in [3.8, 4) is 0 Å². The molecule has 1 aliphatic rings. The number of anilines is 1. The van der Waals surface area contributed by atoms with Crippen molar-refractivity contribution < 1.29 is 14.6 Å². The van der Waals surface area contributed by atoms with Gasteiger partial charge in [-0.15, -0.1) is 0 Å². The first-order valence-corrected chi connectivity index (χ1v) is 6.88. The van der Waals surface area contributed by atoms with Gasteiger partial charge < -0.3 is 14.7 Å². The third-order valence-electron chi connectivity index (χ3n) is 3.49. The Hall–Kier alpha value is -1.55. The smallest absolute Gasteiger partial charge is 0.311 e. The van der Waals surface area contributed by atoms with Crippen LogP contribution in [0.2, 0.25) is 0 Å². The molecule has 1 aromatic rings. The van der Waals surface area contributed by atoms with Gasteiger partial charge in [0.2, 0.25) is 0 Å². The van der Waals surface area contributed by atoms with Crippen molar-refractivity contribution in [2.75, 3.05) is 31.2 Å². The molecule has 1 heterocycles. The lowest BCUT2D eigenvalue weighted by molar-refractivity contribution is -0.139. The molecule has 1 N–H and O–H groups in total. The Kier molecular flexibility index (Phi) is 4.80. The lowest BCUT2D eigenvalue weighted by Crippen LogP contribution is -2.35. The summed E-state index contributed by atoms with van der Waals surface area (Å²) >= 11 is 0. The summed E-state index contributed by atoms with van der Waals surface area (Å²) < 4.78 is 5.52. The molecule has 2 rings (SSSR count). The molecular weight excluding hydrogens is 242 g/mol. The number of hydrogen-bond acceptors (Lipinski definition) is 3. The van der Waals surface area contributed by atoms with Crippen molar-refractivity contribution in [2.24, 2.45) is 0 Å². The number of hydrogen-bond donors (Lipinski definition) is 1. The minimum atomic E-state index is -0.727. The molecule has 1 atom stereocenters. The van der Waals surface area contributed by atoms with Gasteiger partial charge in [-0.1, -0.05) is 25.1 Å². The first-order chi connectivity index (χ1) is 9.24. The molecule has 104 valence electrons. The fraction of sp³-hybridized carbons (Fsp3) is 0.533. The first kappa shape index (κ1) is 13.9. The van der Waals surface area contributed by atoms with Crippen LogP contribution in [0, 0.1) is 0 Å². The van der Waals surface area contributed by atoms with Crippen LogP contribution in [0.3, 0.4) is 0 Å². The number of rotatable bonds is 6. The average Bonchev–Trinajstić information content (AvgIpc) is 2.43. The van der Waals surface area contributed by atoms with Crippen molar-refractivity contribution in [2.45, 2.75) is 25.7 Å². The van der Waals surface area contributed by atoms with Crippen LogP contribution in [0.5, 0.6) is 0 Å². The molecule has 19 heavy (non-hydrogen) atoms. The molecule has 0 spiro atoms. The van der Waals surface area contributed by atoms with Gasteiger partial charge in [-0.3, -0.25) is 4.79 Å². The predicted octanol–water partition coefficient (Wildman–Crippen LogP) is 2.49. The number of ether oxygens (including phenoxy) is 1. The fourth-order valence-corrected chi connectivity index (χ4v) is 2.54. The first-order valence-electron chi connectivity index (χ1n) is 6.88. The Morgan fingerprint density at radius 2 is 2.21 bits per heavy atom. The van der Waals surface area contributed by atoms with E-state index in [9.17, 15) is 9.90 Å². The topological polar surface area (TPSA) is 49.8 Å². The molecule has 0 saturated heterocycles. The summed E-state index contributed by atoms with van der Waals surface area (Å²) in [5, 5.41) is 9.27. The van der Waals surface area contributed by atoms with Crippen molar-refractivity contribution >= 4 is 11.7 Å². The van der Waals surface area contributed by atoms with Gasteiger partial charge in [0.05, 0.1) is 12.5 Å². The summed E-state index contributed by atoms with van der Waals surface area (Å²) in [6, 6.07) is 7.80. The fourth-order valence-electron chi connectivity index (χ4n) is 2.54. The van der Waals surface area contributed by atoms with Gasteiger partial charge in [-0.05, 0) is 24.5 Å². The third-order valence-corrected chi connectivity index (χ3v) is 3.49. The van der Waals surface area contributed by atoms with Gasteiger partial charge >= 0.3 is 5.97 Å². The van der Waals surface area contributed by atoms with Crippen LogP contribution in [-0.2, 0) is 9.53 Å². The highest BCUT2D eigenvalue weighted by Gasteiger charge is 2.29. The Morgan fingerprint density at radius 1 is 1.42 bits per heavy atom. The maximum atomic E-state index is 11.3. The Balaban J connectivity index is 2.07. The van der Waals surface area contributed by atoms with Gasteiger partial charge in [0.1, 0.15) is 0 Å². The van der Waals surface area contributed by atoms with Crippen molar-refractivity contribution in [1.29, 1.82) is 0 Å². The number of benzene rings is 1. The minimum absolute atomic E-state index is 0.371. The van der Waals surface area contributed by atoms with E-state index in [0.717, 1.165) is 37.4 Å². The number of carboxylic acid groups (broad SMARTS) is 1. The van der Waals surface area contributed by atoms with Crippen molar-refractivity contribution in [3.63, 3.8) is 0 Å². The van der Waals surface area contributed by atoms with E-state index in [-0.39, 0.29) is 5.92 Å². The van der Waals surface area contributed by atoms with E-state index in [0.29, 0.717) is 13.0 Å². The maximum absolute atomic E-state index is 11.3. The Morgan fingerprint density at radius 3 is 2.95 bits per heavy atom. The van der Waals surface area contributed by atoms with Crippen LogP contribution in [0.4, 0.5) is 5.69 Å². The predicted molar refractivity (Wildman–Crippen MR) is 74.8 cm³/mol. The largest absolute Gasteiger partial charge is 0.481 e. The zero-order valence-corrected chi connectivity index (χ0v) is 11.3. The lowest BCUT2D eigenvalue weighted by Gasteiger charge is -2.34.